The lowest BCUT2D eigenvalue weighted by molar-refractivity contribution is -0.384. The Morgan fingerprint density at radius 1 is 1.16 bits per heavy atom. The zero-order valence-corrected chi connectivity index (χ0v) is 18.6. The zero-order chi connectivity index (χ0) is 23.1. The van der Waals surface area contributed by atoms with Crippen LogP contribution in [0.4, 0.5) is 30.4 Å². The molecule has 0 fully saturated rings. The normalized spacial score (nSPS) is 12.6. The van der Waals surface area contributed by atoms with Crippen LogP contribution in [0.15, 0.2) is 42.6 Å². The molecule has 0 saturated heterocycles. The quantitative estimate of drug-likeness (QED) is 0.159. The summed E-state index contributed by atoms with van der Waals surface area (Å²) in [6.07, 6.45) is -3.99. The molecule has 14 heteroatoms. The van der Waals surface area contributed by atoms with Gasteiger partial charge in [0.15, 0.2) is 7.95 Å². The van der Waals surface area contributed by atoms with Crippen LogP contribution in [0.5, 0.6) is 0 Å². The second-order valence-electron chi connectivity index (χ2n) is 6.09. The molecular weight excluding hydrogens is 503 g/mol. The van der Waals surface area contributed by atoms with Crippen LogP contribution in [0.3, 0.4) is 0 Å². The number of rotatable bonds is 5. The lowest BCUT2D eigenvalue weighted by Crippen LogP contribution is -2.15. The minimum absolute atomic E-state index is 0.304. The van der Waals surface area contributed by atoms with Crippen molar-refractivity contribution in [2.75, 3.05) is 11.3 Å². The summed E-state index contributed by atoms with van der Waals surface area (Å²) in [5.41, 5.74) is -1.84. The van der Waals surface area contributed by atoms with Gasteiger partial charge in [0.25, 0.3) is 0 Å². The first-order valence-corrected chi connectivity index (χ1v) is 11.3. The average molecular weight is 514 g/mol. The molecule has 0 aliphatic rings. The molecule has 0 radical (unpaired) electrons. The van der Waals surface area contributed by atoms with Crippen molar-refractivity contribution in [2.24, 2.45) is 0 Å². The summed E-state index contributed by atoms with van der Waals surface area (Å²) in [4.78, 5) is 10.9. The summed E-state index contributed by atoms with van der Waals surface area (Å²) in [5, 5.41) is 13.6. The van der Waals surface area contributed by atoms with Gasteiger partial charge in [-0.3, -0.25) is 14.8 Å². The van der Waals surface area contributed by atoms with Gasteiger partial charge in [0.2, 0.25) is 5.82 Å². The summed E-state index contributed by atoms with van der Waals surface area (Å²) in [6.45, 7) is 1.33. The molecule has 3 rings (SSSR count). The zero-order valence-electron chi connectivity index (χ0n) is 15.3. The van der Waals surface area contributed by atoms with Gasteiger partial charge in [-0.15, -0.1) is 0 Å². The summed E-state index contributed by atoms with van der Waals surface area (Å²) in [6, 6.07) is 8.57. The number of nitrogens with zero attached hydrogens (tertiary/aromatic N) is 4. The number of halogens is 6. The maximum atomic E-state index is 13.2. The number of para-hydroxylation sites is 1. The summed E-state index contributed by atoms with van der Waals surface area (Å²) >= 11 is 18.0. The molecule has 164 valence electrons. The molecular formula is C17H11Cl3F3N4O3P. The second kappa shape index (κ2) is 8.70. The molecule has 0 saturated carbocycles. The first-order chi connectivity index (χ1) is 14.4. The van der Waals surface area contributed by atoms with E-state index in [1.165, 1.54) is 6.66 Å². The molecule has 2 aromatic carbocycles. The highest BCUT2D eigenvalue weighted by atomic mass is 35.5. The molecule has 0 spiro atoms. The predicted molar refractivity (Wildman–Crippen MR) is 114 cm³/mol. The third-order valence-corrected chi connectivity index (χ3v) is 6.36. The number of nitro groups is 1. The van der Waals surface area contributed by atoms with E-state index in [2.05, 4.69) is 5.10 Å². The van der Waals surface area contributed by atoms with Gasteiger partial charge in [0.1, 0.15) is 11.9 Å². The van der Waals surface area contributed by atoms with Crippen molar-refractivity contribution >= 4 is 59.9 Å². The van der Waals surface area contributed by atoms with Crippen LogP contribution in [-0.4, -0.2) is 21.4 Å². The monoisotopic (exact) mass is 512 g/mol. The van der Waals surface area contributed by atoms with Crippen molar-refractivity contribution in [2.45, 2.75) is 6.18 Å². The Morgan fingerprint density at radius 3 is 2.29 bits per heavy atom. The lowest BCUT2D eigenvalue weighted by Gasteiger charge is -2.23. The third-order valence-electron chi connectivity index (χ3n) is 4.11. The van der Waals surface area contributed by atoms with E-state index in [4.69, 9.17) is 34.8 Å². The van der Waals surface area contributed by atoms with Crippen LogP contribution < -0.4 is 4.67 Å². The summed E-state index contributed by atoms with van der Waals surface area (Å²) < 4.78 is 54.3. The highest BCUT2D eigenvalue weighted by Gasteiger charge is 2.37. The van der Waals surface area contributed by atoms with E-state index in [1.54, 1.807) is 30.3 Å². The largest absolute Gasteiger partial charge is 0.417 e. The van der Waals surface area contributed by atoms with E-state index in [1.807, 2.05) is 0 Å². The number of alkyl halides is 3. The molecule has 0 amide bonds. The molecule has 7 nitrogen and oxygen atoms in total. The Morgan fingerprint density at radius 2 is 1.77 bits per heavy atom. The molecule has 0 aliphatic carbocycles. The van der Waals surface area contributed by atoms with Crippen molar-refractivity contribution in [3.05, 3.63) is 73.3 Å². The minimum Gasteiger partial charge on any atom is -0.303 e. The number of aromatic nitrogens is 2. The molecule has 1 atom stereocenters. The highest BCUT2D eigenvalue weighted by Crippen LogP contribution is 2.48. The molecule has 31 heavy (non-hydrogen) atoms. The van der Waals surface area contributed by atoms with Gasteiger partial charge in [-0.05, 0) is 18.2 Å². The molecule has 0 aliphatic heterocycles. The van der Waals surface area contributed by atoms with Crippen LogP contribution in [0, 0.1) is 10.1 Å². The van der Waals surface area contributed by atoms with Gasteiger partial charge in [0, 0.05) is 12.4 Å². The van der Waals surface area contributed by atoms with Crippen LogP contribution in [-0.2, 0) is 10.7 Å². The molecule has 1 heterocycles. The fourth-order valence-electron chi connectivity index (χ4n) is 2.85. The smallest absolute Gasteiger partial charge is 0.303 e. The Bertz CT molecular complexity index is 1190. The first kappa shape index (κ1) is 23.4. The van der Waals surface area contributed by atoms with E-state index in [9.17, 15) is 27.9 Å². The van der Waals surface area contributed by atoms with E-state index in [-0.39, 0.29) is 11.5 Å². The highest BCUT2D eigenvalue weighted by molar-refractivity contribution is 7.46. The van der Waals surface area contributed by atoms with Crippen LogP contribution in [0.1, 0.15) is 5.56 Å². The topological polar surface area (TPSA) is 81.3 Å². The molecule has 0 bridgehead atoms. The Balaban J connectivity index is 2.37. The van der Waals surface area contributed by atoms with E-state index >= 15 is 0 Å². The van der Waals surface area contributed by atoms with Crippen LogP contribution in [0.25, 0.3) is 5.69 Å². The van der Waals surface area contributed by atoms with Crippen molar-refractivity contribution in [1.82, 2.24) is 9.78 Å². The molecule has 1 unspecified atom stereocenters. The molecule has 0 N–H and O–H groups in total. The maximum Gasteiger partial charge on any atom is 0.417 e. The van der Waals surface area contributed by atoms with Crippen molar-refractivity contribution < 1.29 is 22.7 Å². The van der Waals surface area contributed by atoms with Gasteiger partial charge in [0.05, 0.1) is 25.6 Å². The van der Waals surface area contributed by atoms with Crippen molar-refractivity contribution in [1.29, 1.82) is 0 Å². The van der Waals surface area contributed by atoms with Gasteiger partial charge < -0.3 is 4.57 Å². The minimum atomic E-state index is -4.84. The van der Waals surface area contributed by atoms with Gasteiger partial charge in [-0.2, -0.15) is 18.3 Å². The first-order valence-electron chi connectivity index (χ1n) is 8.28. The Kier molecular flexibility index (Phi) is 6.57. The van der Waals surface area contributed by atoms with Crippen molar-refractivity contribution in [3.63, 3.8) is 0 Å². The van der Waals surface area contributed by atoms with E-state index in [0.717, 1.165) is 15.5 Å². The summed E-state index contributed by atoms with van der Waals surface area (Å²) in [7, 11) is -2.68. The number of hydrogen-bond acceptors (Lipinski definition) is 4. The maximum absolute atomic E-state index is 13.2. The number of anilines is 2. The van der Waals surface area contributed by atoms with Gasteiger partial charge in [-0.25, -0.2) is 4.68 Å². The fourth-order valence-corrected chi connectivity index (χ4v) is 4.74. The van der Waals surface area contributed by atoms with Crippen LogP contribution >= 0.6 is 42.8 Å². The van der Waals surface area contributed by atoms with E-state index in [0.29, 0.717) is 11.8 Å². The van der Waals surface area contributed by atoms with E-state index < -0.39 is 45.4 Å². The van der Waals surface area contributed by atoms with Crippen LogP contribution in [0.2, 0.25) is 15.1 Å². The Labute approximate surface area is 188 Å². The number of benzene rings is 2. The fraction of sp³-hybridized carbons (Fsp3) is 0.118. The van der Waals surface area contributed by atoms with Gasteiger partial charge >= 0.3 is 11.9 Å². The molecule has 3 aromatic rings. The number of hydrogen-bond donors (Lipinski definition) is 0. The average Bonchev–Trinajstić information content (AvgIpc) is 3.09. The second-order valence-corrected chi connectivity index (χ2v) is 8.74. The van der Waals surface area contributed by atoms with Gasteiger partial charge in [-0.1, -0.05) is 53.0 Å². The predicted octanol–water partition coefficient (Wildman–Crippen LogP) is 7.00. The standard InChI is InChI=1S/C17H11Cl3F3N4O3P/c1-31(30)26(9-5-3-2-4-6-9)16-12(27(28)29)8-24-25(16)15-11(18)7-10(17(21,22)23)13(19)14(15)20/h2-8,31H,1H3. The molecule has 1 aromatic heterocycles. The lowest BCUT2D eigenvalue weighted by atomic mass is 10.2. The Hall–Kier alpha value is -2.26. The summed E-state index contributed by atoms with van der Waals surface area (Å²) in [5.74, 6) is -0.304. The van der Waals surface area contributed by atoms with Crippen molar-refractivity contribution in [3.8, 4) is 5.69 Å². The SMILES string of the molecule is C[PH](=O)N(c1ccccc1)c1c([N+](=O)[O-])cnn1-c1c(Cl)cc(C(F)(F)F)c(Cl)c1Cl. The third kappa shape index (κ3) is 4.39.